The van der Waals surface area contributed by atoms with Gasteiger partial charge in [0.1, 0.15) is 0 Å². The molecular weight excluding hydrogens is 278 g/mol. The third-order valence-corrected chi connectivity index (χ3v) is 9.32. The third kappa shape index (κ3) is 4.55. The Balaban J connectivity index is 2.61. The topological polar surface area (TPSA) is 29.5 Å². The van der Waals surface area contributed by atoms with Crippen molar-refractivity contribution in [3.8, 4) is 0 Å². The zero-order valence-electron chi connectivity index (χ0n) is 14.3. The van der Waals surface area contributed by atoms with Crippen molar-refractivity contribution < 1.29 is 9.22 Å². The monoisotopic (exact) mass is 309 g/mol. The lowest BCUT2D eigenvalue weighted by Crippen LogP contribution is -2.44. The van der Waals surface area contributed by atoms with Gasteiger partial charge in [-0.1, -0.05) is 32.9 Å². The van der Waals surface area contributed by atoms with Gasteiger partial charge in [-0.2, -0.15) is 0 Å². The highest BCUT2D eigenvalue weighted by Gasteiger charge is 2.39. The minimum Gasteiger partial charge on any atom is -0.411 e. The maximum Gasteiger partial charge on any atom is 0.223 e. The number of amides is 1. The minimum atomic E-state index is -1.80. The molecule has 1 rings (SSSR count). The van der Waals surface area contributed by atoms with Crippen LogP contribution in [0.2, 0.25) is 18.1 Å². The van der Waals surface area contributed by atoms with Crippen LogP contribution in [-0.2, 0) is 9.22 Å². The Kier molecular flexibility index (Phi) is 5.99. The average molecular weight is 310 g/mol. The van der Waals surface area contributed by atoms with Gasteiger partial charge in [0.15, 0.2) is 8.32 Å². The number of hydrogen-bond donors (Lipinski definition) is 0. The zero-order chi connectivity index (χ0) is 16.3. The Bertz CT molecular complexity index is 398. The molecule has 1 fully saturated rings. The number of hydrogen-bond acceptors (Lipinski definition) is 2. The summed E-state index contributed by atoms with van der Waals surface area (Å²) >= 11 is 0. The summed E-state index contributed by atoms with van der Waals surface area (Å²) in [5, 5.41) is 0.182. The SMILES string of the molecule is C=C[C@H](CCN1C(=O)CC[C@H]1C=C)O[Si](C)(C)C(C)(C)C. The van der Waals surface area contributed by atoms with Crippen molar-refractivity contribution in [1.82, 2.24) is 4.90 Å². The van der Waals surface area contributed by atoms with E-state index in [1.165, 1.54) is 0 Å². The van der Waals surface area contributed by atoms with Gasteiger partial charge in [0, 0.05) is 13.0 Å². The molecule has 1 heterocycles. The van der Waals surface area contributed by atoms with E-state index >= 15 is 0 Å². The lowest BCUT2D eigenvalue weighted by atomic mass is 10.2. The molecule has 1 aliphatic rings. The standard InChI is InChI=1S/C17H31NO2Si/c1-8-14-10-11-16(19)18(14)13-12-15(9-2)20-21(6,7)17(3,4)5/h8-9,14-15H,1-2,10-13H2,3-7H3/t14-,15-/m1/s1. The number of carbonyl (C=O) groups is 1. The third-order valence-electron chi connectivity index (χ3n) is 4.82. The van der Waals surface area contributed by atoms with Crippen LogP contribution in [0.4, 0.5) is 0 Å². The molecule has 0 spiro atoms. The van der Waals surface area contributed by atoms with Crippen LogP contribution in [0.3, 0.4) is 0 Å². The second kappa shape index (κ2) is 6.92. The molecule has 1 aliphatic heterocycles. The normalized spacial score (nSPS) is 21.5. The first-order chi connectivity index (χ1) is 9.62. The molecule has 1 amide bonds. The van der Waals surface area contributed by atoms with Crippen LogP contribution in [0.25, 0.3) is 0 Å². The first-order valence-corrected chi connectivity index (χ1v) is 10.8. The first-order valence-electron chi connectivity index (χ1n) is 7.85. The largest absolute Gasteiger partial charge is 0.411 e. The molecule has 120 valence electrons. The minimum absolute atomic E-state index is 0.0183. The van der Waals surface area contributed by atoms with Crippen molar-refractivity contribution in [2.75, 3.05) is 6.54 Å². The van der Waals surface area contributed by atoms with Crippen molar-refractivity contribution in [3.63, 3.8) is 0 Å². The summed E-state index contributed by atoms with van der Waals surface area (Å²) in [6.07, 6.45) is 6.12. The van der Waals surface area contributed by atoms with Gasteiger partial charge >= 0.3 is 0 Å². The van der Waals surface area contributed by atoms with E-state index in [-0.39, 0.29) is 23.1 Å². The van der Waals surface area contributed by atoms with Crippen LogP contribution in [0.1, 0.15) is 40.0 Å². The molecule has 0 N–H and O–H groups in total. The van der Waals surface area contributed by atoms with Gasteiger partial charge in [-0.25, -0.2) is 0 Å². The smallest absolute Gasteiger partial charge is 0.223 e. The van der Waals surface area contributed by atoms with Gasteiger partial charge in [-0.3, -0.25) is 4.79 Å². The number of carbonyl (C=O) groups excluding carboxylic acids is 1. The van der Waals surface area contributed by atoms with E-state index in [9.17, 15) is 4.79 Å². The fraction of sp³-hybridized carbons (Fsp3) is 0.706. The Labute approximate surface area is 131 Å². The number of likely N-dealkylation sites (tertiary alicyclic amines) is 1. The Morgan fingerprint density at radius 3 is 2.52 bits per heavy atom. The van der Waals surface area contributed by atoms with Gasteiger partial charge in [-0.05, 0) is 31.0 Å². The molecule has 3 nitrogen and oxygen atoms in total. The number of nitrogens with zero attached hydrogens (tertiary/aromatic N) is 1. The summed E-state index contributed by atoms with van der Waals surface area (Å²) in [6, 6.07) is 0.191. The summed E-state index contributed by atoms with van der Waals surface area (Å²) in [7, 11) is -1.80. The van der Waals surface area contributed by atoms with Crippen molar-refractivity contribution in [2.45, 2.75) is 70.3 Å². The molecule has 2 atom stereocenters. The number of rotatable bonds is 7. The summed E-state index contributed by atoms with van der Waals surface area (Å²) in [4.78, 5) is 13.8. The zero-order valence-corrected chi connectivity index (χ0v) is 15.3. The summed E-state index contributed by atoms with van der Waals surface area (Å²) in [6.45, 7) is 19.6. The lowest BCUT2D eigenvalue weighted by Gasteiger charge is -2.39. The van der Waals surface area contributed by atoms with E-state index in [2.05, 4.69) is 47.0 Å². The molecule has 0 unspecified atom stereocenters. The molecule has 1 saturated heterocycles. The average Bonchev–Trinajstić information content (AvgIpc) is 2.73. The van der Waals surface area contributed by atoms with Gasteiger partial charge in [0.05, 0.1) is 12.1 Å². The van der Waals surface area contributed by atoms with E-state index < -0.39 is 8.32 Å². The molecule has 0 aromatic heterocycles. The maximum absolute atomic E-state index is 11.9. The first kappa shape index (κ1) is 18.2. The highest BCUT2D eigenvalue weighted by molar-refractivity contribution is 6.74. The molecule has 0 aromatic carbocycles. The van der Waals surface area contributed by atoms with Crippen molar-refractivity contribution in [2.24, 2.45) is 0 Å². The van der Waals surface area contributed by atoms with E-state index in [0.717, 1.165) is 19.4 Å². The van der Waals surface area contributed by atoms with Crippen LogP contribution < -0.4 is 0 Å². The molecule has 21 heavy (non-hydrogen) atoms. The predicted octanol–water partition coefficient (Wildman–Crippen LogP) is 4.13. The molecule has 0 saturated carbocycles. The predicted molar refractivity (Wildman–Crippen MR) is 91.8 cm³/mol. The van der Waals surface area contributed by atoms with E-state index in [1.54, 1.807) is 0 Å². The molecule has 0 bridgehead atoms. The lowest BCUT2D eigenvalue weighted by molar-refractivity contribution is -0.128. The van der Waals surface area contributed by atoms with Crippen LogP contribution in [0, 0.1) is 0 Å². The van der Waals surface area contributed by atoms with Gasteiger partial charge in [0.2, 0.25) is 5.91 Å². The van der Waals surface area contributed by atoms with E-state index in [1.807, 2.05) is 17.1 Å². The van der Waals surface area contributed by atoms with Gasteiger partial charge < -0.3 is 9.33 Å². The molecule has 0 aromatic rings. The molecule has 4 heteroatoms. The molecule has 0 aliphatic carbocycles. The Hall–Kier alpha value is -0.873. The quantitative estimate of drug-likeness (QED) is 0.523. The fourth-order valence-corrected chi connectivity index (χ4v) is 3.66. The highest BCUT2D eigenvalue weighted by Crippen LogP contribution is 2.37. The second-order valence-electron chi connectivity index (χ2n) is 7.37. The Morgan fingerprint density at radius 1 is 1.43 bits per heavy atom. The van der Waals surface area contributed by atoms with Crippen molar-refractivity contribution in [3.05, 3.63) is 25.3 Å². The summed E-state index contributed by atoms with van der Waals surface area (Å²) in [5.74, 6) is 0.232. The summed E-state index contributed by atoms with van der Waals surface area (Å²) < 4.78 is 6.37. The molecule has 0 radical (unpaired) electrons. The Morgan fingerprint density at radius 2 is 2.05 bits per heavy atom. The maximum atomic E-state index is 11.9. The van der Waals surface area contributed by atoms with Crippen molar-refractivity contribution >= 4 is 14.2 Å². The second-order valence-corrected chi connectivity index (χ2v) is 12.1. The fourth-order valence-electron chi connectivity index (χ4n) is 2.34. The van der Waals surface area contributed by atoms with Crippen molar-refractivity contribution in [1.29, 1.82) is 0 Å². The van der Waals surface area contributed by atoms with Gasteiger partial charge in [0.25, 0.3) is 0 Å². The summed E-state index contributed by atoms with van der Waals surface area (Å²) in [5.41, 5.74) is 0. The van der Waals surface area contributed by atoms with E-state index in [4.69, 9.17) is 4.43 Å². The van der Waals surface area contributed by atoms with Gasteiger partial charge in [-0.15, -0.1) is 13.2 Å². The van der Waals surface area contributed by atoms with E-state index in [0.29, 0.717) is 6.42 Å². The van der Waals surface area contributed by atoms with Crippen LogP contribution in [0.5, 0.6) is 0 Å². The van der Waals surface area contributed by atoms with Crippen LogP contribution in [0.15, 0.2) is 25.3 Å². The van der Waals surface area contributed by atoms with Crippen LogP contribution in [-0.4, -0.2) is 37.8 Å². The molecular formula is C17H31NO2Si. The highest BCUT2D eigenvalue weighted by atomic mass is 28.4. The van der Waals surface area contributed by atoms with Crippen LogP contribution >= 0.6 is 0 Å².